The number of β-lactam (4-membered cyclic amide) rings is 1. The predicted molar refractivity (Wildman–Crippen MR) is 115 cm³/mol. The fourth-order valence-corrected chi connectivity index (χ4v) is 5.69. The number of amides is 3. The number of carbonyl (C=O) groups is 4. The Labute approximate surface area is 221 Å². The van der Waals surface area contributed by atoms with Crippen LogP contribution in [-0.4, -0.2) is 65.8 Å². The Morgan fingerprint density at radius 3 is 2.44 bits per heavy atom. The molecule has 0 bridgehead atoms. The minimum atomic E-state index is -1.17. The molecule has 0 saturated carbocycles. The second-order valence-corrected chi connectivity index (χ2v) is 10.2. The molecule has 2 fully saturated rings. The zero-order chi connectivity index (χ0) is 24.1. The van der Waals surface area contributed by atoms with Gasteiger partial charge in [-0.3, -0.25) is 9.59 Å². The van der Waals surface area contributed by atoms with Crippen LogP contribution < -0.4 is 45.3 Å². The van der Waals surface area contributed by atoms with Crippen LogP contribution in [0.4, 0.5) is 4.79 Å². The van der Waals surface area contributed by atoms with E-state index in [9.17, 15) is 29.4 Å². The second-order valence-electron chi connectivity index (χ2n) is 8.44. The number of fused-ring (bicyclic) bond motifs is 1. The van der Waals surface area contributed by atoms with Crippen molar-refractivity contribution in [2.75, 3.05) is 0 Å². The van der Waals surface area contributed by atoms with E-state index in [1.165, 1.54) is 29.8 Å². The van der Waals surface area contributed by atoms with Gasteiger partial charge in [-0.25, -0.2) is 9.59 Å². The molecular formula is C21H22N5NaO6S. The fraction of sp³-hybridized carbons (Fsp3) is 0.381. The number of carbonyl (C=O) groups excluding carboxylic acids is 3. The largest absolute Gasteiger partial charge is 1.00 e. The van der Waals surface area contributed by atoms with Gasteiger partial charge in [0, 0.05) is 16.8 Å². The van der Waals surface area contributed by atoms with Gasteiger partial charge in [0.25, 0.3) is 0 Å². The first-order valence-electron chi connectivity index (χ1n) is 10.1. The first kappa shape index (κ1) is 26.1. The van der Waals surface area contributed by atoms with E-state index in [0.29, 0.717) is 5.56 Å². The van der Waals surface area contributed by atoms with Crippen molar-refractivity contribution in [2.24, 2.45) is 0 Å². The Hall–Kier alpha value is -2.54. The van der Waals surface area contributed by atoms with Crippen molar-refractivity contribution in [1.82, 2.24) is 25.3 Å². The number of hydrogen-bond donors (Lipinski definition) is 3. The average Bonchev–Trinajstić information content (AvgIpc) is 3.24. The van der Waals surface area contributed by atoms with Gasteiger partial charge >= 0.3 is 41.6 Å². The Balaban J connectivity index is 0.00000324. The van der Waals surface area contributed by atoms with Crippen LogP contribution >= 0.6 is 11.8 Å². The van der Waals surface area contributed by atoms with E-state index in [1.54, 1.807) is 44.2 Å². The van der Waals surface area contributed by atoms with E-state index in [4.69, 9.17) is 0 Å². The smallest absolute Gasteiger partial charge is 0.857 e. The molecule has 3 N–H and O–H groups in total. The van der Waals surface area contributed by atoms with Crippen molar-refractivity contribution in [3.63, 3.8) is 0 Å². The van der Waals surface area contributed by atoms with Gasteiger partial charge in [-0.2, -0.15) is 9.78 Å². The summed E-state index contributed by atoms with van der Waals surface area (Å²) in [6.45, 7) is 4.99. The van der Waals surface area contributed by atoms with Crippen molar-refractivity contribution >= 4 is 35.6 Å². The van der Waals surface area contributed by atoms with Crippen molar-refractivity contribution in [2.45, 2.75) is 49.0 Å². The Bertz CT molecular complexity index is 1120. The number of thioether (sulfide) groups is 1. The molecule has 4 atom stereocenters. The van der Waals surface area contributed by atoms with Crippen LogP contribution in [0, 0.1) is 6.92 Å². The summed E-state index contributed by atoms with van der Waals surface area (Å²) >= 11 is 1.30. The fourth-order valence-electron chi connectivity index (χ4n) is 4.07. The molecule has 4 rings (SSSR count). The summed E-state index contributed by atoms with van der Waals surface area (Å²) in [5.74, 6) is -2.79. The summed E-state index contributed by atoms with van der Waals surface area (Å²) in [5.41, 5.74) is 0.737. The maximum atomic E-state index is 13.2. The summed E-state index contributed by atoms with van der Waals surface area (Å²) in [6, 6.07) is 4.54. The molecule has 34 heavy (non-hydrogen) atoms. The van der Waals surface area contributed by atoms with Gasteiger partial charge in [0.05, 0.1) is 0 Å². The maximum absolute atomic E-state index is 13.2. The van der Waals surface area contributed by atoms with Crippen LogP contribution in [0.1, 0.15) is 31.0 Å². The van der Waals surface area contributed by atoms with Crippen LogP contribution in [0.5, 0.6) is 5.88 Å². The third kappa shape index (κ3) is 4.54. The van der Waals surface area contributed by atoms with Gasteiger partial charge in [-0.05, 0) is 31.9 Å². The molecule has 1 aromatic heterocycles. The molecule has 3 amide bonds. The molecule has 13 heteroatoms. The molecular weight excluding hydrogens is 473 g/mol. The summed E-state index contributed by atoms with van der Waals surface area (Å²) in [7, 11) is 0. The molecule has 0 aliphatic carbocycles. The third-order valence-corrected chi connectivity index (χ3v) is 7.27. The van der Waals surface area contributed by atoms with E-state index in [2.05, 4.69) is 15.7 Å². The number of benzene rings is 1. The maximum Gasteiger partial charge on any atom is 1.00 e. The monoisotopic (exact) mass is 495 g/mol. The van der Waals surface area contributed by atoms with Crippen molar-refractivity contribution < 1.29 is 58.9 Å². The van der Waals surface area contributed by atoms with Crippen molar-refractivity contribution in [1.29, 1.82) is 0 Å². The van der Waals surface area contributed by atoms with Gasteiger partial charge in [0.15, 0.2) is 0 Å². The second kappa shape index (κ2) is 9.61. The topological polar surface area (TPSA) is 157 Å². The minimum Gasteiger partial charge on any atom is -0.857 e. The third-order valence-electron chi connectivity index (χ3n) is 5.70. The van der Waals surface area contributed by atoms with Crippen LogP contribution in [0.15, 0.2) is 36.5 Å². The average molecular weight is 495 g/mol. The summed E-state index contributed by atoms with van der Waals surface area (Å²) in [6.07, 6.45) is 1.26. The molecule has 1 aromatic carbocycles. The Morgan fingerprint density at radius 2 is 1.88 bits per heavy atom. The Morgan fingerprint density at radius 1 is 1.24 bits per heavy atom. The zero-order valence-corrected chi connectivity index (χ0v) is 21.8. The number of nitrogens with zero attached hydrogens (tertiary/aromatic N) is 3. The number of hydrogen-bond acceptors (Lipinski definition) is 7. The molecule has 0 radical (unpaired) electrons. The van der Waals surface area contributed by atoms with Gasteiger partial charge < -0.3 is 25.7 Å². The zero-order valence-electron chi connectivity index (χ0n) is 19.0. The van der Waals surface area contributed by atoms with Gasteiger partial charge in [0.2, 0.25) is 11.8 Å². The van der Waals surface area contributed by atoms with Crippen LogP contribution in [0.2, 0.25) is 0 Å². The predicted octanol–water partition coefficient (Wildman–Crippen LogP) is -2.80. The number of nitrogens with one attached hydrogen (secondary N) is 2. The van der Waals surface area contributed by atoms with Gasteiger partial charge in [-0.1, -0.05) is 30.3 Å². The molecule has 2 saturated heterocycles. The quantitative estimate of drug-likeness (QED) is 0.297. The first-order chi connectivity index (χ1) is 15.5. The number of carboxylic acids is 1. The minimum absolute atomic E-state index is 0. The van der Waals surface area contributed by atoms with Gasteiger partial charge in [0.1, 0.15) is 23.5 Å². The molecule has 0 unspecified atom stereocenters. The van der Waals surface area contributed by atoms with E-state index >= 15 is 0 Å². The van der Waals surface area contributed by atoms with E-state index in [1.807, 2.05) is 0 Å². The number of aliphatic carboxylic acids is 1. The number of rotatable bonds is 5. The molecule has 0 spiro atoms. The molecule has 2 aliphatic heterocycles. The molecule has 174 valence electrons. The molecule has 2 aromatic rings. The van der Waals surface area contributed by atoms with E-state index in [-0.39, 0.29) is 35.1 Å². The van der Waals surface area contributed by atoms with Crippen molar-refractivity contribution in [3.05, 3.63) is 47.7 Å². The molecule has 11 nitrogen and oxygen atoms in total. The van der Waals surface area contributed by atoms with Crippen molar-refractivity contribution in [3.8, 4) is 5.88 Å². The number of aryl methyl sites for hydroxylation is 1. The Kier molecular flexibility index (Phi) is 7.37. The van der Waals surface area contributed by atoms with Crippen LogP contribution in [0.3, 0.4) is 0 Å². The molecule has 3 heterocycles. The van der Waals surface area contributed by atoms with Gasteiger partial charge in [-0.15, -0.1) is 11.8 Å². The number of aromatic nitrogens is 2. The SMILES string of the molecule is Cc1cn(C(=O)N[C@@H](C(=O)N[C@@H]2C(=O)N3[C@@H]2SC(C)(C)[C@@H]3C(=O)O)c2ccccc2)nc1[O-].[Na+]. The normalized spacial score (nSPS) is 23.2. The summed E-state index contributed by atoms with van der Waals surface area (Å²) in [4.78, 5) is 51.5. The van der Waals surface area contributed by atoms with Crippen LogP contribution in [-0.2, 0) is 14.4 Å². The van der Waals surface area contributed by atoms with Crippen LogP contribution in [0.25, 0.3) is 0 Å². The summed E-state index contributed by atoms with van der Waals surface area (Å²) < 4.78 is 0.0938. The first-order valence-corrected chi connectivity index (χ1v) is 11.0. The summed E-state index contributed by atoms with van der Waals surface area (Å²) in [5, 5.41) is 29.4. The standard InChI is InChI=1S/C21H23N5O6S.Na/c1-10-9-25(24-15(10)27)20(32)23-12(11-7-5-4-6-8-11)16(28)22-13-17(29)26-14(19(30)31)21(2,3)33-18(13)26;/h4-9,12-14,18H,1-3H3,(H,22,28)(H,23,32)(H,24,27)(H,30,31);/q;+1/p-1/t12-,13-,14+,18-;/m1./s1. The molecule has 2 aliphatic rings. The van der Waals surface area contributed by atoms with E-state index in [0.717, 1.165) is 4.68 Å². The van der Waals surface area contributed by atoms with E-state index < -0.39 is 57.9 Å². The number of carboxylic acid groups (broad SMARTS) is 1.